The third-order valence-corrected chi connectivity index (χ3v) is 13.6. The van der Waals surface area contributed by atoms with E-state index in [-0.39, 0.29) is 59.9 Å². The quantitative estimate of drug-likeness (QED) is 0.0850. The molecular weight excluding hydrogens is 778 g/mol. The van der Waals surface area contributed by atoms with E-state index in [9.17, 15) is 32.8 Å². The number of carbonyl (C=O) groups is 2. The maximum absolute atomic E-state index is 16.4. The van der Waals surface area contributed by atoms with E-state index in [2.05, 4.69) is 0 Å². The highest BCUT2D eigenvalue weighted by Crippen LogP contribution is 2.54. The van der Waals surface area contributed by atoms with Crippen LogP contribution in [0.4, 0.5) is 18.9 Å². The van der Waals surface area contributed by atoms with E-state index >= 15 is 13.2 Å². The first-order valence-electron chi connectivity index (χ1n) is 17.0. The number of carboxylic acid groups (broad SMARTS) is 2. The van der Waals surface area contributed by atoms with Crippen molar-refractivity contribution in [1.29, 1.82) is 0 Å². The Kier molecular flexibility index (Phi) is 8.39. The molecule has 10 nitrogen and oxygen atoms in total. The fourth-order valence-corrected chi connectivity index (χ4v) is 11.1. The average molecular weight is 810 g/mol. The third kappa shape index (κ3) is 5.59. The summed E-state index contributed by atoms with van der Waals surface area (Å²) in [6.07, 6.45) is -0.435. The van der Waals surface area contributed by atoms with Crippen LogP contribution in [0.2, 0.25) is 0 Å². The van der Waals surface area contributed by atoms with Gasteiger partial charge in [-0.05, 0) is 54.4 Å². The molecule has 0 bridgehead atoms. The number of rotatable bonds is 8. The molecule has 3 aliphatic rings. The lowest BCUT2D eigenvalue weighted by molar-refractivity contribution is -0.138. The van der Waals surface area contributed by atoms with Crippen LogP contribution in [0.1, 0.15) is 62.8 Å². The molecule has 0 atom stereocenters. The molecule has 0 aliphatic carbocycles. The van der Waals surface area contributed by atoms with Gasteiger partial charge in [-0.15, -0.1) is 22.7 Å². The lowest BCUT2D eigenvalue weighted by Gasteiger charge is -2.45. The van der Waals surface area contributed by atoms with Crippen molar-refractivity contribution in [2.24, 2.45) is 0 Å². The van der Waals surface area contributed by atoms with Crippen LogP contribution >= 0.6 is 22.7 Å². The molecule has 0 radical (unpaired) electrons. The van der Waals surface area contributed by atoms with Crippen LogP contribution < -0.4 is 24.8 Å². The number of anilines is 1. The number of nitrogens with zero attached hydrogens (tertiary/aromatic N) is 2. The lowest BCUT2D eigenvalue weighted by Crippen LogP contribution is -2.49. The Bertz CT molecular complexity index is 2790. The van der Waals surface area contributed by atoms with Gasteiger partial charge >= 0.3 is 11.9 Å². The molecule has 2 aromatic heterocycles. The molecule has 0 saturated carbocycles. The summed E-state index contributed by atoms with van der Waals surface area (Å²) in [6, 6.07) is 10.3. The second kappa shape index (κ2) is 12.5. The number of hydrogen-bond acceptors (Lipinski definition) is 8. The van der Waals surface area contributed by atoms with Crippen molar-refractivity contribution in [3.05, 3.63) is 104 Å². The Morgan fingerprint density at radius 2 is 1.49 bits per heavy atom. The van der Waals surface area contributed by atoms with Crippen LogP contribution in [0.3, 0.4) is 0 Å². The smallest absolute Gasteiger partial charge is 0.309 e. The maximum Gasteiger partial charge on any atom is 0.309 e. The van der Waals surface area contributed by atoms with Gasteiger partial charge in [0.2, 0.25) is 5.36 Å². The van der Waals surface area contributed by atoms with E-state index in [4.69, 9.17) is 4.74 Å². The maximum atomic E-state index is 16.4. The van der Waals surface area contributed by atoms with Gasteiger partial charge in [0.15, 0.2) is 23.7 Å². The van der Waals surface area contributed by atoms with Crippen molar-refractivity contribution >= 4 is 56.0 Å². The van der Waals surface area contributed by atoms with E-state index in [1.807, 2.05) is 60.1 Å². The summed E-state index contributed by atoms with van der Waals surface area (Å²) in [4.78, 5) is 25.6. The number of fused-ring (bicyclic) bond motifs is 8. The summed E-state index contributed by atoms with van der Waals surface area (Å²) in [5.41, 5.74) is 0.706. The van der Waals surface area contributed by atoms with Crippen molar-refractivity contribution in [3.63, 3.8) is 0 Å². The van der Waals surface area contributed by atoms with Crippen molar-refractivity contribution in [3.8, 4) is 32.4 Å². The molecule has 5 heterocycles. The van der Waals surface area contributed by atoms with Gasteiger partial charge in [0.1, 0.15) is 28.6 Å². The molecule has 8 rings (SSSR count). The number of hydrogen-bond donors (Lipinski definition) is 3. The number of benzene rings is 3. The van der Waals surface area contributed by atoms with Crippen molar-refractivity contribution in [1.82, 2.24) is 4.58 Å². The monoisotopic (exact) mass is 809 g/mol. The van der Waals surface area contributed by atoms with E-state index in [0.717, 1.165) is 20.9 Å². The minimum atomic E-state index is -5.52. The zero-order valence-electron chi connectivity index (χ0n) is 29.7. The SMILES string of the molecule is CC1(C)c2ccsc2-c2cc3c(cc2N1CCC(=O)O)Oc1cc2c(cc1=C3c1c(F)c(F)cc(F)c1S(=O)(=O)O)-c1sccc1C(C)(C)[N+]=2CCC(=O)O. The van der Waals surface area contributed by atoms with Crippen molar-refractivity contribution in [2.45, 2.75) is 56.5 Å². The highest BCUT2D eigenvalue weighted by atomic mass is 32.2. The van der Waals surface area contributed by atoms with Gasteiger partial charge in [0.25, 0.3) is 10.1 Å². The Balaban J connectivity index is 1.55. The normalized spacial score (nSPS) is 16.0. The van der Waals surface area contributed by atoms with E-state index in [1.165, 1.54) is 22.7 Å². The van der Waals surface area contributed by atoms with Crippen LogP contribution in [0.25, 0.3) is 26.5 Å². The van der Waals surface area contributed by atoms with Crippen molar-refractivity contribution < 1.29 is 50.7 Å². The Labute approximate surface area is 320 Å². The largest absolute Gasteiger partial charge is 0.481 e. The highest BCUT2D eigenvalue weighted by molar-refractivity contribution is 7.86. The van der Waals surface area contributed by atoms with Gasteiger partial charge in [0, 0.05) is 76.1 Å². The molecular formula is C39H32F3N2O8S3+. The molecule has 0 spiro atoms. The first-order valence-corrected chi connectivity index (χ1v) is 20.2. The summed E-state index contributed by atoms with van der Waals surface area (Å²) < 4.78 is 91.9. The molecule has 0 unspecified atom stereocenters. The predicted octanol–water partition coefficient (Wildman–Crippen LogP) is 6.90. The molecule has 0 amide bonds. The minimum absolute atomic E-state index is 0.0339. The standard InChI is InChI=1S/C39H31F3N2O8S3/c1-38(2)22-7-11-53-35(22)18-13-20-28(16-26(18)43(38)9-5-30(45)46)52-29-17-27-19(36-23(8-12-54-36)39(3,4)44(27)10-6-31(47)48)14-21(29)32(20)33-34(42)24(40)15-25(41)37(33)55(49,50)51/h7-8,11-17H,5-6,9-10H2,1-4H3,(H2-,45,46,47,48,49,50,51)/p+1. The molecule has 3 aliphatic heterocycles. The molecule has 5 aromatic rings. The molecule has 0 saturated heterocycles. The van der Waals surface area contributed by atoms with Crippen LogP contribution in [-0.4, -0.2) is 48.2 Å². The van der Waals surface area contributed by atoms with Crippen LogP contribution in [0.5, 0.6) is 11.5 Å². The molecule has 0 fully saturated rings. The summed E-state index contributed by atoms with van der Waals surface area (Å²) >= 11 is 2.79. The van der Waals surface area contributed by atoms with Gasteiger partial charge in [-0.3, -0.25) is 14.1 Å². The van der Waals surface area contributed by atoms with Gasteiger partial charge < -0.3 is 19.8 Å². The first kappa shape index (κ1) is 36.9. The first-order chi connectivity index (χ1) is 25.8. The van der Waals surface area contributed by atoms with E-state index < -0.39 is 61.0 Å². The number of thiophene rings is 2. The number of carboxylic acids is 2. The zero-order chi connectivity index (χ0) is 39.5. The summed E-state index contributed by atoms with van der Waals surface area (Å²) in [6.45, 7) is 7.93. The summed E-state index contributed by atoms with van der Waals surface area (Å²) in [5, 5.41) is 23.7. The van der Waals surface area contributed by atoms with Crippen LogP contribution in [0.15, 0.2) is 58.1 Å². The lowest BCUT2D eigenvalue weighted by atomic mass is 9.82. The van der Waals surface area contributed by atoms with Gasteiger partial charge in [-0.25, -0.2) is 17.7 Å². The summed E-state index contributed by atoms with van der Waals surface area (Å²) in [5.74, 6) is -7.11. The van der Waals surface area contributed by atoms with Crippen molar-refractivity contribution in [2.75, 3.05) is 18.0 Å². The Hall–Kier alpha value is -5.03. The second-order valence-corrected chi connectivity index (χ2v) is 17.8. The number of halogens is 3. The van der Waals surface area contributed by atoms with Crippen LogP contribution in [0, 0.1) is 17.5 Å². The highest BCUT2D eigenvalue weighted by Gasteiger charge is 2.44. The van der Waals surface area contributed by atoms with Gasteiger partial charge in [-0.1, -0.05) is 0 Å². The second-order valence-electron chi connectivity index (χ2n) is 14.6. The van der Waals surface area contributed by atoms with Crippen LogP contribution in [-0.2, 0) is 30.8 Å². The van der Waals surface area contributed by atoms with E-state index in [1.54, 1.807) is 24.3 Å². The fraction of sp³-hybridized carbons (Fsp3) is 0.256. The zero-order valence-corrected chi connectivity index (χ0v) is 32.1. The number of aliphatic carboxylic acids is 2. The Morgan fingerprint density at radius 1 is 0.836 bits per heavy atom. The minimum Gasteiger partial charge on any atom is -0.481 e. The number of ether oxygens (including phenoxy) is 1. The third-order valence-electron chi connectivity index (χ3n) is 10.8. The molecule has 3 aromatic carbocycles. The molecule has 55 heavy (non-hydrogen) atoms. The topological polar surface area (TPSA) is 144 Å². The Morgan fingerprint density at radius 3 is 2.15 bits per heavy atom. The average Bonchev–Trinajstić information content (AvgIpc) is 3.79. The predicted molar refractivity (Wildman–Crippen MR) is 201 cm³/mol. The summed E-state index contributed by atoms with van der Waals surface area (Å²) in [7, 11) is -5.52. The van der Waals surface area contributed by atoms with Gasteiger partial charge in [0.05, 0.1) is 28.5 Å². The van der Waals surface area contributed by atoms with E-state index in [0.29, 0.717) is 22.2 Å². The molecule has 284 valence electrons. The van der Waals surface area contributed by atoms with Gasteiger partial charge in [-0.2, -0.15) is 8.42 Å². The fourth-order valence-electron chi connectivity index (χ4n) is 8.20. The molecule has 3 N–H and O–H groups in total. The molecule has 16 heteroatoms.